The molecule has 102 valence electrons. The number of aryl methyl sites for hydroxylation is 1. The molecular weight excluding hydrogens is 236 g/mol. The maximum absolute atomic E-state index is 12.5. The van der Waals surface area contributed by atoms with E-state index in [0.717, 1.165) is 32.2 Å². The summed E-state index contributed by atoms with van der Waals surface area (Å²) in [5.74, 6) is 0.454. The summed E-state index contributed by atoms with van der Waals surface area (Å²) < 4.78 is 0. The van der Waals surface area contributed by atoms with Crippen LogP contribution < -0.4 is 5.73 Å². The van der Waals surface area contributed by atoms with E-state index in [4.69, 9.17) is 5.73 Å². The molecule has 3 heteroatoms. The van der Waals surface area contributed by atoms with Crippen LogP contribution in [0.2, 0.25) is 0 Å². The van der Waals surface area contributed by atoms with Gasteiger partial charge in [-0.2, -0.15) is 0 Å². The molecule has 19 heavy (non-hydrogen) atoms. The molecule has 3 nitrogen and oxygen atoms in total. The molecule has 2 atom stereocenters. The van der Waals surface area contributed by atoms with Crippen molar-refractivity contribution in [1.29, 1.82) is 0 Å². The normalized spacial score (nSPS) is 29.9. The van der Waals surface area contributed by atoms with Crippen molar-refractivity contribution in [3.63, 3.8) is 0 Å². The quantitative estimate of drug-likeness (QED) is 0.899. The Bertz CT molecular complexity index is 482. The third-order valence-corrected chi connectivity index (χ3v) is 4.82. The van der Waals surface area contributed by atoms with Crippen LogP contribution in [0.3, 0.4) is 0 Å². The number of rotatable bonds is 3. The van der Waals surface area contributed by atoms with Crippen LogP contribution in [0, 0.1) is 12.8 Å². The van der Waals surface area contributed by atoms with Crippen molar-refractivity contribution in [1.82, 2.24) is 4.90 Å². The van der Waals surface area contributed by atoms with Gasteiger partial charge in [-0.3, -0.25) is 4.79 Å². The zero-order chi connectivity index (χ0) is 13.5. The molecule has 0 aliphatic carbocycles. The average molecular weight is 258 g/mol. The van der Waals surface area contributed by atoms with Crippen molar-refractivity contribution in [2.75, 3.05) is 13.1 Å². The van der Waals surface area contributed by atoms with Crippen LogP contribution in [0.4, 0.5) is 0 Å². The molecule has 1 aromatic carbocycles. The van der Waals surface area contributed by atoms with Gasteiger partial charge >= 0.3 is 0 Å². The van der Waals surface area contributed by atoms with E-state index < -0.39 is 0 Å². The number of hydrogen-bond acceptors (Lipinski definition) is 2. The second kappa shape index (κ2) is 4.64. The van der Waals surface area contributed by atoms with Gasteiger partial charge in [-0.15, -0.1) is 0 Å². The van der Waals surface area contributed by atoms with Gasteiger partial charge in [0.05, 0.1) is 5.54 Å². The molecule has 0 bridgehead atoms. The highest BCUT2D eigenvalue weighted by atomic mass is 16.2. The van der Waals surface area contributed by atoms with Gasteiger partial charge in [-0.25, -0.2) is 0 Å². The molecule has 0 radical (unpaired) electrons. The first kappa shape index (κ1) is 12.7. The van der Waals surface area contributed by atoms with Crippen molar-refractivity contribution in [3.05, 3.63) is 35.4 Å². The predicted octanol–water partition coefficient (Wildman–Crippen LogP) is 1.88. The van der Waals surface area contributed by atoms with Crippen LogP contribution in [-0.2, 0) is 11.2 Å². The standard InChI is InChI=1S/C16H22N2O/c1-12-3-5-13(6-4-12)9-14-10-16(11-17)7-2-8-18(16)15(14)19/h3-6,14H,2,7-11,17H2,1H3. The van der Waals surface area contributed by atoms with E-state index >= 15 is 0 Å². The molecule has 3 rings (SSSR count). The van der Waals surface area contributed by atoms with Gasteiger partial charge in [0.15, 0.2) is 0 Å². The SMILES string of the molecule is Cc1ccc(CC2CC3(CN)CCCN3C2=O)cc1. The maximum Gasteiger partial charge on any atom is 0.226 e. The number of carbonyl (C=O) groups excluding carboxylic acids is 1. The maximum atomic E-state index is 12.5. The van der Waals surface area contributed by atoms with Crippen molar-refractivity contribution >= 4 is 5.91 Å². The number of carbonyl (C=O) groups is 1. The first-order chi connectivity index (χ1) is 9.14. The van der Waals surface area contributed by atoms with E-state index in [1.54, 1.807) is 0 Å². The fourth-order valence-electron chi connectivity index (χ4n) is 3.72. The molecule has 2 fully saturated rings. The second-order valence-electron chi connectivity index (χ2n) is 6.11. The van der Waals surface area contributed by atoms with E-state index in [1.807, 2.05) is 0 Å². The summed E-state index contributed by atoms with van der Waals surface area (Å²) in [6.45, 7) is 3.60. The number of hydrogen-bond donors (Lipinski definition) is 1. The Morgan fingerprint density at radius 1 is 1.37 bits per heavy atom. The highest BCUT2D eigenvalue weighted by Gasteiger charge is 2.51. The number of benzene rings is 1. The smallest absolute Gasteiger partial charge is 0.226 e. The predicted molar refractivity (Wildman–Crippen MR) is 75.7 cm³/mol. The second-order valence-corrected chi connectivity index (χ2v) is 6.11. The lowest BCUT2D eigenvalue weighted by molar-refractivity contribution is -0.132. The summed E-state index contributed by atoms with van der Waals surface area (Å²) in [4.78, 5) is 14.6. The van der Waals surface area contributed by atoms with E-state index in [0.29, 0.717) is 12.5 Å². The van der Waals surface area contributed by atoms with Gasteiger partial charge in [0.2, 0.25) is 5.91 Å². The average Bonchev–Trinajstić information content (AvgIpc) is 2.93. The van der Waals surface area contributed by atoms with Crippen LogP contribution in [0.5, 0.6) is 0 Å². The fourth-order valence-corrected chi connectivity index (χ4v) is 3.72. The van der Waals surface area contributed by atoms with Gasteiger partial charge in [-0.1, -0.05) is 29.8 Å². The number of nitrogens with zero attached hydrogens (tertiary/aromatic N) is 1. The Morgan fingerprint density at radius 3 is 2.74 bits per heavy atom. The number of amides is 1. The fraction of sp³-hybridized carbons (Fsp3) is 0.562. The lowest BCUT2D eigenvalue weighted by Crippen LogP contribution is -2.46. The monoisotopic (exact) mass is 258 g/mol. The molecular formula is C16H22N2O. The van der Waals surface area contributed by atoms with Crippen LogP contribution in [0.15, 0.2) is 24.3 Å². The summed E-state index contributed by atoms with van der Waals surface area (Å²) >= 11 is 0. The van der Waals surface area contributed by atoms with Crippen LogP contribution in [0.25, 0.3) is 0 Å². The topological polar surface area (TPSA) is 46.3 Å². The Morgan fingerprint density at radius 2 is 2.11 bits per heavy atom. The minimum atomic E-state index is -0.0214. The van der Waals surface area contributed by atoms with E-state index in [1.165, 1.54) is 11.1 Å². The highest BCUT2D eigenvalue weighted by Crippen LogP contribution is 2.42. The summed E-state index contributed by atoms with van der Waals surface area (Å²) in [5.41, 5.74) is 8.46. The Hall–Kier alpha value is -1.35. The van der Waals surface area contributed by atoms with E-state index in [-0.39, 0.29) is 11.5 Å². The Kier molecular flexibility index (Phi) is 3.09. The number of nitrogens with two attached hydrogens (primary N) is 1. The van der Waals surface area contributed by atoms with Crippen LogP contribution in [0.1, 0.15) is 30.4 Å². The van der Waals surface area contributed by atoms with Crippen molar-refractivity contribution in [2.24, 2.45) is 11.7 Å². The van der Waals surface area contributed by atoms with Crippen molar-refractivity contribution < 1.29 is 4.79 Å². The largest absolute Gasteiger partial charge is 0.335 e. The molecule has 2 unspecified atom stereocenters. The zero-order valence-corrected chi connectivity index (χ0v) is 11.6. The third-order valence-electron chi connectivity index (χ3n) is 4.82. The van der Waals surface area contributed by atoms with Gasteiger partial charge in [0, 0.05) is 19.0 Å². The summed E-state index contributed by atoms with van der Waals surface area (Å²) in [6, 6.07) is 8.52. The van der Waals surface area contributed by atoms with E-state index in [9.17, 15) is 4.79 Å². The van der Waals surface area contributed by atoms with Gasteiger partial charge < -0.3 is 10.6 Å². The molecule has 2 aliphatic heterocycles. The first-order valence-electron chi connectivity index (χ1n) is 7.22. The van der Waals surface area contributed by atoms with Crippen molar-refractivity contribution in [2.45, 2.75) is 38.1 Å². The molecule has 2 N–H and O–H groups in total. The molecule has 2 heterocycles. The highest BCUT2D eigenvalue weighted by molar-refractivity contribution is 5.83. The summed E-state index contributed by atoms with van der Waals surface area (Å²) in [6.07, 6.45) is 3.99. The molecule has 1 aromatic rings. The van der Waals surface area contributed by atoms with E-state index in [2.05, 4.69) is 36.1 Å². The molecule has 2 aliphatic rings. The Balaban J connectivity index is 1.76. The first-order valence-corrected chi connectivity index (χ1v) is 7.22. The third kappa shape index (κ3) is 2.06. The summed E-state index contributed by atoms with van der Waals surface area (Å²) in [5, 5.41) is 0. The number of fused-ring (bicyclic) bond motifs is 1. The lowest BCUT2D eigenvalue weighted by Gasteiger charge is -2.30. The van der Waals surface area contributed by atoms with Gasteiger partial charge in [-0.05, 0) is 38.2 Å². The van der Waals surface area contributed by atoms with Crippen LogP contribution in [-0.4, -0.2) is 29.4 Å². The summed E-state index contributed by atoms with van der Waals surface area (Å²) in [7, 11) is 0. The minimum absolute atomic E-state index is 0.0214. The molecule has 0 saturated carbocycles. The van der Waals surface area contributed by atoms with Crippen LogP contribution >= 0.6 is 0 Å². The molecule has 2 saturated heterocycles. The van der Waals surface area contributed by atoms with Crippen molar-refractivity contribution in [3.8, 4) is 0 Å². The molecule has 0 spiro atoms. The zero-order valence-electron chi connectivity index (χ0n) is 11.6. The molecule has 1 amide bonds. The lowest BCUT2D eigenvalue weighted by atomic mass is 9.87. The minimum Gasteiger partial charge on any atom is -0.335 e. The Labute approximate surface area is 114 Å². The van der Waals surface area contributed by atoms with Gasteiger partial charge in [0.25, 0.3) is 0 Å². The van der Waals surface area contributed by atoms with Gasteiger partial charge in [0.1, 0.15) is 0 Å². The molecule has 0 aromatic heterocycles.